The van der Waals surface area contributed by atoms with Crippen molar-refractivity contribution in [3.8, 4) is 5.69 Å². The molecular weight excluding hydrogens is 436 g/mol. The zero-order valence-corrected chi connectivity index (χ0v) is 18.4. The summed E-state index contributed by atoms with van der Waals surface area (Å²) in [6.07, 6.45) is 7.15. The average Bonchev–Trinajstić information content (AvgIpc) is 3.16. The second-order valence-corrected chi connectivity index (χ2v) is 9.73. The summed E-state index contributed by atoms with van der Waals surface area (Å²) < 4.78 is 29.5. The molecule has 2 heterocycles. The molecule has 1 amide bonds. The Labute approximate surface area is 186 Å². The Kier molecular flexibility index (Phi) is 6.41. The third kappa shape index (κ3) is 4.81. The number of nitrogens with one attached hydrogen (secondary N) is 1. The van der Waals surface area contributed by atoms with Crippen LogP contribution in [0.15, 0.2) is 65.8 Å². The van der Waals surface area contributed by atoms with Crippen LogP contribution in [0, 0.1) is 0 Å². The van der Waals surface area contributed by atoms with E-state index in [4.69, 9.17) is 11.6 Å². The van der Waals surface area contributed by atoms with Crippen molar-refractivity contribution in [2.24, 2.45) is 0 Å². The van der Waals surface area contributed by atoms with Crippen LogP contribution in [0.4, 0.5) is 5.69 Å². The van der Waals surface area contributed by atoms with Gasteiger partial charge in [0.15, 0.2) is 0 Å². The normalized spacial score (nSPS) is 15.4. The third-order valence-electron chi connectivity index (χ3n) is 5.25. The number of sulfonamides is 1. The summed E-state index contributed by atoms with van der Waals surface area (Å²) >= 11 is 6.24. The first-order valence-electron chi connectivity index (χ1n) is 10.2. The van der Waals surface area contributed by atoms with Crippen LogP contribution in [-0.2, 0) is 10.0 Å². The zero-order valence-electron chi connectivity index (χ0n) is 16.9. The molecule has 1 aromatic heterocycles. The first-order valence-corrected chi connectivity index (χ1v) is 12.0. The Bertz CT molecular complexity index is 1170. The Morgan fingerprint density at radius 2 is 1.77 bits per heavy atom. The van der Waals surface area contributed by atoms with E-state index >= 15 is 0 Å². The second-order valence-electron chi connectivity index (χ2n) is 7.42. The van der Waals surface area contributed by atoms with Gasteiger partial charge in [0.1, 0.15) is 4.90 Å². The molecule has 1 N–H and O–H groups in total. The number of carbonyl (C=O) groups excluding carboxylic acids is 1. The fourth-order valence-corrected chi connectivity index (χ4v) is 5.63. The minimum Gasteiger partial charge on any atom is -0.322 e. The van der Waals surface area contributed by atoms with Crippen molar-refractivity contribution in [1.82, 2.24) is 14.1 Å². The minimum atomic E-state index is -3.77. The van der Waals surface area contributed by atoms with Gasteiger partial charge >= 0.3 is 0 Å². The molecule has 4 rings (SSSR count). The van der Waals surface area contributed by atoms with Crippen molar-refractivity contribution in [3.63, 3.8) is 0 Å². The first-order chi connectivity index (χ1) is 14.9. The molecular formula is C22H23ClN4O3S. The molecule has 0 bridgehead atoms. The van der Waals surface area contributed by atoms with Crippen LogP contribution in [0.25, 0.3) is 5.69 Å². The van der Waals surface area contributed by atoms with Crippen molar-refractivity contribution in [2.45, 2.75) is 30.6 Å². The van der Waals surface area contributed by atoms with E-state index in [0.29, 0.717) is 18.8 Å². The monoisotopic (exact) mass is 458 g/mol. The number of hydrogen-bond donors (Lipinski definition) is 1. The number of halogens is 1. The SMILES string of the molecule is O=C(Nc1cccc(-n2cccn2)c1)c1ccc(Cl)c(S(=O)(=O)N2CCCCCC2)c1. The average molecular weight is 459 g/mol. The number of amides is 1. The second kappa shape index (κ2) is 9.21. The van der Waals surface area contributed by atoms with E-state index in [1.807, 2.05) is 18.2 Å². The van der Waals surface area contributed by atoms with E-state index in [2.05, 4.69) is 10.4 Å². The lowest BCUT2D eigenvalue weighted by Crippen LogP contribution is -2.32. The minimum absolute atomic E-state index is 0.0333. The lowest BCUT2D eigenvalue weighted by molar-refractivity contribution is 0.102. The third-order valence-corrected chi connectivity index (χ3v) is 7.63. The predicted octanol–water partition coefficient (Wildman–Crippen LogP) is 4.34. The molecule has 9 heteroatoms. The molecule has 1 fully saturated rings. The van der Waals surface area contributed by atoms with Crippen LogP contribution in [0.1, 0.15) is 36.0 Å². The lowest BCUT2D eigenvalue weighted by Gasteiger charge is -2.21. The molecule has 31 heavy (non-hydrogen) atoms. The van der Waals surface area contributed by atoms with Crippen molar-refractivity contribution in [1.29, 1.82) is 0 Å². The Balaban J connectivity index is 1.58. The molecule has 162 valence electrons. The standard InChI is InChI=1S/C22H23ClN4O3S/c23-20-10-9-17(15-21(20)31(29,30)26-12-3-1-2-4-13-26)22(28)25-18-7-5-8-19(16-18)27-14-6-11-24-27/h5-11,14-16H,1-4,12-13H2,(H,25,28). The van der Waals surface area contributed by atoms with Crippen molar-refractivity contribution >= 4 is 33.2 Å². The molecule has 0 aliphatic carbocycles. The van der Waals surface area contributed by atoms with E-state index in [0.717, 1.165) is 31.4 Å². The number of benzene rings is 2. The van der Waals surface area contributed by atoms with Gasteiger partial charge in [-0.1, -0.05) is 30.5 Å². The van der Waals surface area contributed by atoms with Crippen molar-refractivity contribution < 1.29 is 13.2 Å². The molecule has 3 aromatic rings. The zero-order chi connectivity index (χ0) is 21.8. The Morgan fingerprint density at radius 3 is 2.48 bits per heavy atom. The summed E-state index contributed by atoms with van der Waals surface area (Å²) in [5.41, 5.74) is 1.59. The summed E-state index contributed by atoms with van der Waals surface area (Å²) in [5.74, 6) is -0.415. The van der Waals surface area contributed by atoms with Gasteiger partial charge in [-0.25, -0.2) is 13.1 Å². The number of anilines is 1. The molecule has 7 nitrogen and oxygen atoms in total. The Morgan fingerprint density at radius 1 is 1.00 bits per heavy atom. The van der Waals surface area contributed by atoms with E-state index in [9.17, 15) is 13.2 Å². The molecule has 1 aliphatic rings. The first kappa shape index (κ1) is 21.5. The molecule has 0 atom stereocenters. The van der Waals surface area contributed by atoms with Gasteiger partial charge in [0.2, 0.25) is 10.0 Å². The predicted molar refractivity (Wildman–Crippen MR) is 120 cm³/mol. The molecule has 0 saturated carbocycles. The van der Waals surface area contributed by atoms with Crippen LogP contribution < -0.4 is 5.32 Å². The highest BCUT2D eigenvalue weighted by atomic mass is 35.5. The summed E-state index contributed by atoms with van der Waals surface area (Å²) in [5, 5.41) is 7.11. The van der Waals surface area contributed by atoms with Crippen LogP contribution in [0.5, 0.6) is 0 Å². The summed E-state index contributed by atoms with van der Waals surface area (Å²) in [6, 6.07) is 13.4. The fourth-order valence-electron chi connectivity index (χ4n) is 3.61. The van der Waals surface area contributed by atoms with Gasteiger partial charge in [0, 0.05) is 36.7 Å². The fraction of sp³-hybridized carbons (Fsp3) is 0.273. The summed E-state index contributed by atoms with van der Waals surface area (Å²) in [6.45, 7) is 0.935. The number of carbonyl (C=O) groups is 1. The van der Waals surface area contributed by atoms with Crippen LogP contribution in [0.3, 0.4) is 0 Å². The highest BCUT2D eigenvalue weighted by Crippen LogP contribution is 2.28. The van der Waals surface area contributed by atoms with Gasteiger partial charge < -0.3 is 5.32 Å². The maximum Gasteiger partial charge on any atom is 0.255 e. The van der Waals surface area contributed by atoms with Crippen LogP contribution >= 0.6 is 11.6 Å². The van der Waals surface area contributed by atoms with Crippen molar-refractivity contribution in [3.05, 3.63) is 71.5 Å². The number of hydrogen-bond acceptors (Lipinski definition) is 4. The van der Waals surface area contributed by atoms with Crippen LogP contribution in [-0.4, -0.2) is 41.5 Å². The summed E-state index contributed by atoms with van der Waals surface area (Å²) in [4.78, 5) is 12.8. The Hall–Kier alpha value is -2.68. The maximum atomic E-state index is 13.2. The van der Waals surface area contributed by atoms with E-state index in [1.54, 1.807) is 29.2 Å². The van der Waals surface area contributed by atoms with Gasteiger partial charge in [-0.2, -0.15) is 9.40 Å². The number of nitrogens with zero attached hydrogens (tertiary/aromatic N) is 3. The largest absolute Gasteiger partial charge is 0.322 e. The quantitative estimate of drug-likeness (QED) is 0.616. The van der Waals surface area contributed by atoms with Gasteiger partial charge in [-0.15, -0.1) is 0 Å². The van der Waals surface area contributed by atoms with Crippen LogP contribution in [0.2, 0.25) is 5.02 Å². The molecule has 0 radical (unpaired) electrons. The topological polar surface area (TPSA) is 84.3 Å². The molecule has 0 spiro atoms. The molecule has 2 aromatic carbocycles. The summed E-state index contributed by atoms with van der Waals surface area (Å²) in [7, 11) is -3.77. The highest BCUT2D eigenvalue weighted by molar-refractivity contribution is 7.89. The van der Waals surface area contributed by atoms with E-state index < -0.39 is 15.9 Å². The number of rotatable bonds is 5. The van der Waals surface area contributed by atoms with Gasteiger partial charge in [0.25, 0.3) is 5.91 Å². The van der Waals surface area contributed by atoms with E-state index in [1.165, 1.54) is 22.5 Å². The molecule has 0 unspecified atom stereocenters. The van der Waals surface area contributed by atoms with Gasteiger partial charge in [0.05, 0.1) is 10.7 Å². The molecule has 1 aliphatic heterocycles. The molecule has 1 saturated heterocycles. The van der Waals surface area contributed by atoms with E-state index in [-0.39, 0.29) is 15.5 Å². The lowest BCUT2D eigenvalue weighted by atomic mass is 10.2. The van der Waals surface area contributed by atoms with Crippen molar-refractivity contribution in [2.75, 3.05) is 18.4 Å². The van der Waals surface area contributed by atoms with Gasteiger partial charge in [-0.3, -0.25) is 4.79 Å². The number of aromatic nitrogens is 2. The maximum absolute atomic E-state index is 13.2. The smallest absolute Gasteiger partial charge is 0.255 e. The van der Waals surface area contributed by atoms with Gasteiger partial charge in [-0.05, 0) is 55.3 Å². The highest BCUT2D eigenvalue weighted by Gasteiger charge is 2.28.